The molecule has 1 N–H and O–H groups in total. The van der Waals surface area contributed by atoms with Crippen LogP contribution in [0.3, 0.4) is 0 Å². The summed E-state index contributed by atoms with van der Waals surface area (Å²) in [5.74, 6) is 0.630. The van der Waals surface area contributed by atoms with E-state index in [4.69, 9.17) is 0 Å². The van der Waals surface area contributed by atoms with Crippen molar-refractivity contribution in [2.45, 2.75) is 13.2 Å². The first-order chi connectivity index (χ1) is 9.06. The Balaban J connectivity index is 2.13. The normalized spacial score (nSPS) is 10.8. The monoisotopic (exact) mass is 333 g/mol. The number of benzene rings is 1. The molecule has 0 aliphatic carbocycles. The fourth-order valence-corrected chi connectivity index (χ4v) is 1.75. The summed E-state index contributed by atoms with van der Waals surface area (Å²) in [5.41, 5.74) is 0.437. The first-order valence-corrected chi connectivity index (χ1v) is 6.05. The van der Waals surface area contributed by atoms with Crippen LogP contribution in [0.5, 0.6) is 5.75 Å². The quantitative estimate of drug-likeness (QED) is 0.908. The van der Waals surface area contributed by atoms with Gasteiger partial charge in [0.25, 0.3) is 0 Å². The molecule has 1 heterocycles. The van der Waals surface area contributed by atoms with Gasteiger partial charge in [0.15, 0.2) is 5.82 Å². The lowest BCUT2D eigenvalue weighted by molar-refractivity contribution is -0.0494. The van der Waals surface area contributed by atoms with Gasteiger partial charge < -0.3 is 10.1 Å². The number of aromatic nitrogens is 4. The molecule has 19 heavy (non-hydrogen) atoms. The minimum atomic E-state index is -2.88. The summed E-state index contributed by atoms with van der Waals surface area (Å²) in [6, 6.07) is 4.81. The number of rotatable bonds is 5. The van der Waals surface area contributed by atoms with Crippen molar-refractivity contribution in [3.05, 3.63) is 28.5 Å². The SMILES string of the molecule is Cn1nnnc1CNc1ccc(Br)cc1OC(F)F. The Morgan fingerprint density at radius 2 is 2.26 bits per heavy atom. The molecule has 0 unspecified atom stereocenters. The van der Waals surface area contributed by atoms with E-state index >= 15 is 0 Å². The van der Waals surface area contributed by atoms with Gasteiger partial charge in [-0.25, -0.2) is 4.68 Å². The van der Waals surface area contributed by atoms with E-state index < -0.39 is 6.61 Å². The number of alkyl halides is 2. The zero-order valence-corrected chi connectivity index (χ0v) is 11.4. The van der Waals surface area contributed by atoms with Crippen LogP contribution in [-0.2, 0) is 13.6 Å². The first kappa shape index (κ1) is 13.7. The van der Waals surface area contributed by atoms with Crippen LogP contribution in [0.15, 0.2) is 22.7 Å². The molecule has 0 aliphatic heterocycles. The minimum Gasteiger partial charge on any atom is -0.433 e. The van der Waals surface area contributed by atoms with Crippen LogP contribution in [-0.4, -0.2) is 26.8 Å². The maximum Gasteiger partial charge on any atom is 0.387 e. The van der Waals surface area contributed by atoms with Gasteiger partial charge in [0.05, 0.1) is 12.2 Å². The van der Waals surface area contributed by atoms with Gasteiger partial charge in [-0.2, -0.15) is 8.78 Å². The lowest BCUT2D eigenvalue weighted by Crippen LogP contribution is -2.09. The third-order valence-corrected chi connectivity index (χ3v) is 2.80. The maximum atomic E-state index is 12.3. The molecule has 0 aliphatic rings. The van der Waals surface area contributed by atoms with Crippen LogP contribution in [0, 0.1) is 0 Å². The van der Waals surface area contributed by atoms with Gasteiger partial charge >= 0.3 is 6.61 Å². The summed E-state index contributed by atoms with van der Waals surface area (Å²) in [7, 11) is 1.69. The second-order valence-corrected chi connectivity index (χ2v) is 4.51. The molecule has 0 fully saturated rings. The molecule has 1 aromatic heterocycles. The Morgan fingerprint density at radius 1 is 1.47 bits per heavy atom. The van der Waals surface area contributed by atoms with Crippen molar-refractivity contribution < 1.29 is 13.5 Å². The van der Waals surface area contributed by atoms with Crippen molar-refractivity contribution in [3.8, 4) is 5.75 Å². The number of anilines is 1. The molecule has 102 valence electrons. The van der Waals surface area contributed by atoms with E-state index in [-0.39, 0.29) is 5.75 Å². The third-order valence-electron chi connectivity index (χ3n) is 2.30. The van der Waals surface area contributed by atoms with Gasteiger partial charge in [0.2, 0.25) is 0 Å². The zero-order chi connectivity index (χ0) is 13.8. The molecule has 0 saturated heterocycles. The average molecular weight is 334 g/mol. The molecule has 0 radical (unpaired) electrons. The first-order valence-electron chi connectivity index (χ1n) is 5.25. The highest BCUT2D eigenvalue weighted by Gasteiger charge is 2.11. The smallest absolute Gasteiger partial charge is 0.387 e. The van der Waals surface area contributed by atoms with Crippen LogP contribution in [0.4, 0.5) is 14.5 Å². The predicted octanol–water partition coefficient (Wildman–Crippen LogP) is 2.19. The summed E-state index contributed by atoms with van der Waals surface area (Å²) < 4.78 is 31.2. The zero-order valence-electron chi connectivity index (χ0n) is 9.85. The molecule has 0 bridgehead atoms. The number of nitrogens with zero attached hydrogens (tertiary/aromatic N) is 4. The van der Waals surface area contributed by atoms with Gasteiger partial charge in [-0.3, -0.25) is 0 Å². The number of tetrazole rings is 1. The topological polar surface area (TPSA) is 64.9 Å². The van der Waals surface area contributed by atoms with Gasteiger partial charge in [-0.1, -0.05) is 15.9 Å². The van der Waals surface area contributed by atoms with Crippen molar-refractivity contribution in [2.24, 2.45) is 7.05 Å². The molecule has 2 aromatic rings. The maximum absolute atomic E-state index is 12.3. The van der Waals surface area contributed by atoms with Crippen molar-refractivity contribution in [2.75, 3.05) is 5.32 Å². The summed E-state index contributed by atoms with van der Waals surface area (Å²) in [4.78, 5) is 0. The summed E-state index contributed by atoms with van der Waals surface area (Å²) in [6.07, 6.45) is 0. The molecule has 0 spiro atoms. The van der Waals surface area contributed by atoms with E-state index in [1.807, 2.05) is 0 Å². The molecule has 1 aromatic carbocycles. The van der Waals surface area contributed by atoms with Crippen molar-refractivity contribution >= 4 is 21.6 Å². The highest BCUT2D eigenvalue weighted by Crippen LogP contribution is 2.29. The van der Waals surface area contributed by atoms with Crippen LogP contribution >= 0.6 is 15.9 Å². The summed E-state index contributed by atoms with van der Waals surface area (Å²) in [6.45, 7) is -2.59. The Morgan fingerprint density at radius 3 is 2.89 bits per heavy atom. The molecular weight excluding hydrogens is 324 g/mol. The Kier molecular flexibility index (Phi) is 4.25. The molecular formula is C10H10BrF2N5O. The number of ether oxygens (including phenoxy) is 1. The van der Waals surface area contributed by atoms with Gasteiger partial charge in [-0.15, -0.1) is 5.10 Å². The summed E-state index contributed by atoms with van der Waals surface area (Å²) in [5, 5.41) is 13.9. The fraction of sp³-hybridized carbons (Fsp3) is 0.300. The van der Waals surface area contributed by atoms with E-state index in [0.29, 0.717) is 22.5 Å². The van der Waals surface area contributed by atoms with E-state index in [1.54, 1.807) is 19.2 Å². The van der Waals surface area contributed by atoms with Gasteiger partial charge in [0, 0.05) is 11.5 Å². The van der Waals surface area contributed by atoms with Gasteiger partial charge in [-0.05, 0) is 28.6 Å². The molecule has 2 rings (SSSR count). The highest BCUT2D eigenvalue weighted by molar-refractivity contribution is 9.10. The fourth-order valence-electron chi connectivity index (χ4n) is 1.41. The average Bonchev–Trinajstić information content (AvgIpc) is 2.73. The van der Waals surface area contributed by atoms with Crippen molar-refractivity contribution in [3.63, 3.8) is 0 Å². The van der Waals surface area contributed by atoms with Gasteiger partial charge in [0.1, 0.15) is 5.75 Å². The standard InChI is InChI=1S/C10H10BrF2N5O/c1-18-9(15-16-17-18)5-14-7-3-2-6(11)4-8(7)19-10(12)13/h2-4,10,14H,5H2,1H3. The van der Waals surface area contributed by atoms with Crippen LogP contribution in [0.2, 0.25) is 0 Å². The number of hydrogen-bond acceptors (Lipinski definition) is 5. The molecule has 0 saturated carbocycles. The molecule has 6 nitrogen and oxygen atoms in total. The molecule has 9 heteroatoms. The Bertz CT molecular complexity index is 563. The Labute approximate surface area is 115 Å². The number of hydrogen-bond donors (Lipinski definition) is 1. The minimum absolute atomic E-state index is 0.0551. The lowest BCUT2D eigenvalue weighted by atomic mass is 10.3. The van der Waals surface area contributed by atoms with E-state index in [0.717, 1.165) is 0 Å². The second kappa shape index (κ2) is 5.91. The highest BCUT2D eigenvalue weighted by atomic mass is 79.9. The van der Waals surface area contributed by atoms with Crippen molar-refractivity contribution in [1.29, 1.82) is 0 Å². The third kappa shape index (κ3) is 3.60. The van der Waals surface area contributed by atoms with Crippen molar-refractivity contribution in [1.82, 2.24) is 20.2 Å². The van der Waals surface area contributed by atoms with E-state index in [9.17, 15) is 8.78 Å². The van der Waals surface area contributed by atoms with Crippen LogP contribution in [0.1, 0.15) is 5.82 Å². The lowest BCUT2D eigenvalue weighted by Gasteiger charge is -2.12. The van der Waals surface area contributed by atoms with E-state index in [1.165, 1.54) is 10.7 Å². The van der Waals surface area contributed by atoms with Crippen LogP contribution in [0.25, 0.3) is 0 Å². The summed E-state index contributed by atoms with van der Waals surface area (Å²) >= 11 is 3.20. The predicted molar refractivity (Wildman–Crippen MR) is 66.9 cm³/mol. The van der Waals surface area contributed by atoms with Crippen LogP contribution < -0.4 is 10.1 Å². The number of nitrogens with one attached hydrogen (secondary N) is 1. The van der Waals surface area contributed by atoms with E-state index in [2.05, 4.69) is 41.5 Å². The molecule has 0 atom stereocenters. The Hall–Kier alpha value is -1.77. The molecule has 0 amide bonds. The largest absolute Gasteiger partial charge is 0.433 e. The number of halogens is 3. The number of aryl methyl sites for hydroxylation is 1. The second-order valence-electron chi connectivity index (χ2n) is 3.59.